The number of likely N-dealkylation sites (N-methyl/N-ethyl adjacent to an activating group) is 1. The number of quaternary nitrogens is 1. The predicted octanol–water partition coefficient (Wildman–Crippen LogP) is 22.7. The molecule has 0 bridgehead atoms. The van der Waals surface area contributed by atoms with Gasteiger partial charge in [0.15, 0.2) is 6.10 Å². The Kier molecular flexibility index (Phi) is 64.1. The molecule has 0 saturated carbocycles. The Hall–Kier alpha value is -4.11. The van der Waals surface area contributed by atoms with Crippen molar-refractivity contribution < 1.29 is 42.1 Å². The van der Waals surface area contributed by atoms with Crippen molar-refractivity contribution in [1.82, 2.24) is 0 Å². The van der Waals surface area contributed by atoms with E-state index in [4.69, 9.17) is 18.5 Å². The second kappa shape index (κ2) is 67.3. The summed E-state index contributed by atoms with van der Waals surface area (Å²) >= 11 is 0. The lowest BCUT2D eigenvalue weighted by Crippen LogP contribution is -2.37. The van der Waals surface area contributed by atoms with Crippen molar-refractivity contribution in [2.75, 3.05) is 47.5 Å². The number of phosphoric acid groups is 1. The highest BCUT2D eigenvalue weighted by Crippen LogP contribution is 2.38. The zero-order valence-corrected chi connectivity index (χ0v) is 58.0. The van der Waals surface area contributed by atoms with Crippen LogP contribution < -0.4 is 4.89 Å². The summed E-state index contributed by atoms with van der Waals surface area (Å²) in [6.45, 7) is 3.99. The van der Waals surface area contributed by atoms with E-state index in [1.54, 1.807) is 0 Å². The number of allylic oxidation sites excluding steroid dienone is 24. The molecule has 0 heterocycles. The SMILES string of the molecule is CC/C=C\C/C=C\C/C=C\C/C=C\C/C=C\C/C=C\C/C=C\C/C=C\CCCCCCC(=O)OC(COC(=O)CCCCCCCCCCCCCCCCCCCCCCCC/C=C\C/C=C\C/C=C\C/C=C\CC)COP(=O)([O-])OCC[N+](C)(C)C. The Balaban J connectivity index is 4.09. The van der Waals surface area contributed by atoms with Gasteiger partial charge >= 0.3 is 11.9 Å². The van der Waals surface area contributed by atoms with Crippen LogP contribution in [0, 0.1) is 0 Å². The van der Waals surface area contributed by atoms with Crippen molar-refractivity contribution in [2.45, 2.75) is 290 Å². The van der Waals surface area contributed by atoms with Gasteiger partial charge in [-0.1, -0.05) is 301 Å². The van der Waals surface area contributed by atoms with Gasteiger partial charge in [-0.2, -0.15) is 0 Å². The van der Waals surface area contributed by atoms with Gasteiger partial charge in [-0.05, 0) is 116 Å². The van der Waals surface area contributed by atoms with Crippen LogP contribution in [0.2, 0.25) is 0 Å². The molecule has 0 aromatic rings. The molecule has 0 amide bonds. The fourth-order valence-electron chi connectivity index (χ4n) is 9.49. The molecular weight excluding hydrogens is 1110 g/mol. The van der Waals surface area contributed by atoms with E-state index in [0.29, 0.717) is 17.4 Å². The molecule has 9 nitrogen and oxygen atoms in total. The minimum absolute atomic E-state index is 0.0423. The van der Waals surface area contributed by atoms with Gasteiger partial charge in [-0.3, -0.25) is 14.2 Å². The zero-order chi connectivity index (χ0) is 64.1. The molecule has 0 aromatic carbocycles. The summed E-state index contributed by atoms with van der Waals surface area (Å²) in [6.07, 6.45) is 99.3. The molecule has 2 atom stereocenters. The molecule has 0 rings (SSSR count). The number of carbonyl (C=O) groups excluding carboxylic acids is 2. The van der Waals surface area contributed by atoms with E-state index in [2.05, 4.69) is 160 Å². The molecule has 0 aliphatic carbocycles. The Labute approximate surface area is 542 Å². The summed E-state index contributed by atoms with van der Waals surface area (Å²) in [7, 11) is 1.14. The molecule has 0 aromatic heterocycles. The number of phosphoric ester groups is 1. The standard InChI is InChI=1S/C78H132NO8P/c1-6-8-10-12-14-16-18-20-22-24-26-28-30-32-34-36-37-38-39-40-41-43-44-46-48-50-52-54-56-58-60-62-64-66-68-70-77(80)84-74-76(75-86-88(82,83)85-73-72-79(3,4)5)87-78(81)71-69-67-65-63-61-59-57-55-53-51-49-47-45-42-35-33-31-29-27-25-23-21-19-17-15-13-11-9-7-2/h8-11,14-17,20-23,26-29,33,35,45,47,51,53,57,59,76H,6-7,12-13,18-19,24-25,30-32,34,36-44,46,48-50,52,54-56,58,60-75H2,1-5H3/b10-8-,11-9-,16-14-,17-15-,22-20-,23-21-,28-26-,29-27-,35-33-,47-45-,53-51-,59-57-. The first-order valence-electron chi connectivity index (χ1n) is 35.5. The van der Waals surface area contributed by atoms with E-state index >= 15 is 0 Å². The topological polar surface area (TPSA) is 111 Å². The minimum atomic E-state index is -4.66. The van der Waals surface area contributed by atoms with Crippen LogP contribution in [0.3, 0.4) is 0 Å². The van der Waals surface area contributed by atoms with Crippen LogP contribution in [0.25, 0.3) is 0 Å². The van der Waals surface area contributed by atoms with Gasteiger partial charge in [0, 0.05) is 12.8 Å². The molecule has 502 valence electrons. The normalized spacial score (nSPS) is 14.0. The Morgan fingerprint density at radius 1 is 0.352 bits per heavy atom. The summed E-state index contributed by atoms with van der Waals surface area (Å²) in [5.41, 5.74) is 0. The average molecular weight is 1240 g/mol. The minimum Gasteiger partial charge on any atom is -0.756 e. The number of hydrogen-bond donors (Lipinski definition) is 0. The van der Waals surface area contributed by atoms with E-state index in [9.17, 15) is 19.0 Å². The fourth-order valence-corrected chi connectivity index (χ4v) is 10.2. The van der Waals surface area contributed by atoms with E-state index in [-0.39, 0.29) is 26.1 Å². The molecule has 2 unspecified atom stereocenters. The summed E-state index contributed by atoms with van der Waals surface area (Å²) < 4.78 is 34.3. The van der Waals surface area contributed by atoms with Crippen molar-refractivity contribution in [3.63, 3.8) is 0 Å². The van der Waals surface area contributed by atoms with Crippen LogP contribution in [0.1, 0.15) is 284 Å². The third-order valence-corrected chi connectivity index (χ3v) is 15.8. The molecular formula is C78H132NO8P. The molecule has 0 aliphatic heterocycles. The van der Waals surface area contributed by atoms with Crippen molar-refractivity contribution in [1.29, 1.82) is 0 Å². The van der Waals surface area contributed by atoms with Gasteiger partial charge in [0.2, 0.25) is 0 Å². The molecule has 0 fully saturated rings. The average Bonchev–Trinajstić information content (AvgIpc) is 3.68. The monoisotopic (exact) mass is 1240 g/mol. The van der Waals surface area contributed by atoms with Crippen molar-refractivity contribution in [3.8, 4) is 0 Å². The molecule has 0 saturated heterocycles. The highest BCUT2D eigenvalue weighted by molar-refractivity contribution is 7.45. The van der Waals surface area contributed by atoms with Crippen molar-refractivity contribution in [2.24, 2.45) is 0 Å². The van der Waals surface area contributed by atoms with Crippen LogP contribution >= 0.6 is 7.82 Å². The maximum Gasteiger partial charge on any atom is 0.306 e. The van der Waals surface area contributed by atoms with E-state index in [1.165, 1.54) is 128 Å². The van der Waals surface area contributed by atoms with Crippen molar-refractivity contribution >= 4 is 19.8 Å². The molecule has 0 radical (unpaired) electrons. The van der Waals surface area contributed by atoms with Crippen LogP contribution in [-0.2, 0) is 32.7 Å². The van der Waals surface area contributed by atoms with Crippen LogP contribution in [-0.4, -0.2) is 70.0 Å². The van der Waals surface area contributed by atoms with Crippen molar-refractivity contribution in [3.05, 3.63) is 146 Å². The number of nitrogens with zero attached hydrogens (tertiary/aromatic N) is 1. The molecule has 0 spiro atoms. The molecule has 10 heteroatoms. The summed E-state index contributed by atoms with van der Waals surface area (Å²) in [5.74, 6) is -0.863. The first-order chi connectivity index (χ1) is 43.0. The Morgan fingerprint density at radius 3 is 0.909 bits per heavy atom. The summed E-state index contributed by atoms with van der Waals surface area (Å²) in [5, 5.41) is 0. The molecule has 0 N–H and O–H groups in total. The fraction of sp³-hybridized carbons (Fsp3) is 0.667. The smallest absolute Gasteiger partial charge is 0.306 e. The third-order valence-electron chi connectivity index (χ3n) is 14.9. The van der Waals surface area contributed by atoms with E-state index < -0.39 is 32.5 Å². The molecule has 88 heavy (non-hydrogen) atoms. The first kappa shape index (κ1) is 83.9. The van der Waals surface area contributed by atoms with Crippen LogP contribution in [0.4, 0.5) is 0 Å². The van der Waals surface area contributed by atoms with Crippen LogP contribution in [0.15, 0.2) is 146 Å². The number of rotatable bonds is 64. The number of hydrogen-bond acceptors (Lipinski definition) is 8. The lowest BCUT2D eigenvalue weighted by Gasteiger charge is -2.28. The summed E-state index contributed by atoms with van der Waals surface area (Å²) in [6, 6.07) is 0. The molecule has 0 aliphatic rings. The van der Waals surface area contributed by atoms with E-state index in [0.717, 1.165) is 122 Å². The highest BCUT2D eigenvalue weighted by atomic mass is 31.2. The van der Waals surface area contributed by atoms with Gasteiger partial charge in [-0.15, -0.1) is 0 Å². The number of ether oxygens (including phenoxy) is 2. The predicted molar refractivity (Wildman–Crippen MR) is 378 cm³/mol. The maximum atomic E-state index is 12.9. The number of unbranched alkanes of at least 4 members (excludes halogenated alkanes) is 26. The zero-order valence-electron chi connectivity index (χ0n) is 57.1. The quantitative estimate of drug-likeness (QED) is 0.0195. The Bertz CT molecular complexity index is 2000. The second-order valence-electron chi connectivity index (χ2n) is 24.5. The van der Waals surface area contributed by atoms with Gasteiger partial charge < -0.3 is 27.9 Å². The lowest BCUT2D eigenvalue weighted by atomic mass is 10.0. The highest BCUT2D eigenvalue weighted by Gasteiger charge is 2.22. The number of carbonyl (C=O) groups is 2. The lowest BCUT2D eigenvalue weighted by molar-refractivity contribution is -0.870. The number of esters is 2. The van der Waals surface area contributed by atoms with Gasteiger partial charge in [0.05, 0.1) is 27.7 Å². The summed E-state index contributed by atoms with van der Waals surface area (Å²) in [4.78, 5) is 38.1. The van der Waals surface area contributed by atoms with Gasteiger partial charge in [0.25, 0.3) is 7.82 Å². The van der Waals surface area contributed by atoms with Crippen LogP contribution in [0.5, 0.6) is 0 Å². The van der Waals surface area contributed by atoms with Gasteiger partial charge in [-0.25, -0.2) is 0 Å². The largest absolute Gasteiger partial charge is 0.756 e. The van der Waals surface area contributed by atoms with E-state index in [1.807, 2.05) is 21.1 Å². The van der Waals surface area contributed by atoms with Gasteiger partial charge in [0.1, 0.15) is 19.8 Å². The third kappa shape index (κ3) is 71.0. The Morgan fingerprint density at radius 2 is 0.614 bits per heavy atom. The maximum absolute atomic E-state index is 12.9. The second-order valence-corrected chi connectivity index (χ2v) is 25.9. The first-order valence-corrected chi connectivity index (χ1v) is 37.0.